The van der Waals surface area contributed by atoms with E-state index >= 15 is 0 Å². The summed E-state index contributed by atoms with van der Waals surface area (Å²) in [5.74, 6) is 0.195. The van der Waals surface area contributed by atoms with Crippen LogP contribution in [-0.2, 0) is 5.75 Å². The van der Waals surface area contributed by atoms with Crippen LogP contribution in [0.4, 0.5) is 10.1 Å². The minimum atomic E-state index is -0.277. The number of thioether (sulfide) groups is 1. The third-order valence-electron chi connectivity index (χ3n) is 2.60. The first kappa shape index (κ1) is 13.2. The monoisotopic (exact) mass is 281 g/mol. The van der Waals surface area contributed by atoms with Crippen molar-refractivity contribution in [2.75, 3.05) is 5.73 Å². The molecule has 0 bridgehead atoms. The lowest BCUT2D eigenvalue weighted by Gasteiger charge is -2.08. The largest absolute Gasteiger partial charge is 0.398 e. The highest BCUT2D eigenvalue weighted by Crippen LogP contribution is 2.32. The molecule has 0 saturated heterocycles. The maximum Gasteiger partial charge on any atom is 0.128 e. The van der Waals surface area contributed by atoms with Gasteiger partial charge in [0, 0.05) is 26.9 Å². The van der Waals surface area contributed by atoms with E-state index in [0.29, 0.717) is 22.0 Å². The molecule has 0 saturated carbocycles. The van der Waals surface area contributed by atoms with Gasteiger partial charge < -0.3 is 5.73 Å². The Labute approximate surface area is 115 Å². The number of anilines is 1. The van der Waals surface area contributed by atoms with E-state index in [4.69, 9.17) is 17.3 Å². The summed E-state index contributed by atoms with van der Waals surface area (Å²) < 4.78 is 13.6. The maximum absolute atomic E-state index is 13.6. The van der Waals surface area contributed by atoms with Crippen molar-refractivity contribution in [2.45, 2.75) is 17.6 Å². The van der Waals surface area contributed by atoms with Crippen molar-refractivity contribution >= 4 is 29.1 Å². The molecule has 0 amide bonds. The van der Waals surface area contributed by atoms with Crippen LogP contribution in [0.25, 0.3) is 0 Å². The lowest BCUT2D eigenvalue weighted by Crippen LogP contribution is -1.92. The summed E-state index contributed by atoms with van der Waals surface area (Å²) in [4.78, 5) is 0.953. The first-order valence-corrected chi connectivity index (χ1v) is 6.86. The lowest BCUT2D eigenvalue weighted by molar-refractivity contribution is 0.617. The van der Waals surface area contributed by atoms with Crippen LogP contribution in [-0.4, -0.2) is 0 Å². The summed E-state index contributed by atoms with van der Waals surface area (Å²) in [6, 6.07) is 10.5. The minimum Gasteiger partial charge on any atom is -0.398 e. The number of hydrogen-bond acceptors (Lipinski definition) is 2. The first-order valence-electron chi connectivity index (χ1n) is 5.50. The second-order valence-electron chi connectivity index (χ2n) is 4.03. The van der Waals surface area contributed by atoms with Crippen molar-refractivity contribution < 1.29 is 4.39 Å². The molecule has 0 spiro atoms. The molecule has 0 aliphatic carbocycles. The summed E-state index contributed by atoms with van der Waals surface area (Å²) in [7, 11) is 0. The SMILES string of the molecule is Cc1ccc(N)c(SCc2c(F)cccc2Cl)c1. The Bertz CT molecular complexity index is 551. The normalized spacial score (nSPS) is 10.6. The number of rotatable bonds is 3. The van der Waals surface area contributed by atoms with Gasteiger partial charge in [-0.05, 0) is 36.8 Å². The van der Waals surface area contributed by atoms with E-state index in [-0.39, 0.29) is 5.82 Å². The molecule has 2 N–H and O–H groups in total. The maximum atomic E-state index is 13.6. The van der Waals surface area contributed by atoms with Crippen LogP contribution in [0.15, 0.2) is 41.3 Å². The number of hydrogen-bond donors (Lipinski definition) is 1. The molecule has 0 fully saturated rings. The Morgan fingerprint density at radius 2 is 2.06 bits per heavy atom. The molecule has 18 heavy (non-hydrogen) atoms. The third kappa shape index (κ3) is 2.98. The lowest BCUT2D eigenvalue weighted by atomic mass is 10.2. The standard InChI is InChI=1S/C14H13ClFNS/c1-9-5-6-13(17)14(7-9)18-8-10-11(15)3-2-4-12(10)16/h2-7H,8,17H2,1H3. The van der Waals surface area contributed by atoms with Gasteiger partial charge in [0.2, 0.25) is 0 Å². The molecule has 4 heteroatoms. The third-order valence-corrected chi connectivity index (χ3v) is 4.05. The van der Waals surface area contributed by atoms with Crippen molar-refractivity contribution in [2.24, 2.45) is 0 Å². The summed E-state index contributed by atoms with van der Waals surface area (Å²) >= 11 is 7.48. The van der Waals surface area contributed by atoms with Crippen molar-refractivity contribution in [1.82, 2.24) is 0 Å². The van der Waals surface area contributed by atoms with Gasteiger partial charge in [-0.15, -0.1) is 11.8 Å². The van der Waals surface area contributed by atoms with Crippen molar-refractivity contribution in [3.63, 3.8) is 0 Å². The second-order valence-corrected chi connectivity index (χ2v) is 5.45. The molecule has 0 aliphatic heterocycles. The first-order chi connectivity index (χ1) is 8.58. The second kappa shape index (κ2) is 5.63. The van der Waals surface area contributed by atoms with Crippen LogP contribution in [0.2, 0.25) is 5.02 Å². The molecule has 2 aromatic carbocycles. The molecule has 2 rings (SSSR count). The molecule has 0 unspecified atom stereocenters. The number of halogens is 2. The summed E-state index contributed by atoms with van der Waals surface area (Å²) in [6.07, 6.45) is 0. The van der Waals surface area contributed by atoms with Gasteiger partial charge in [-0.3, -0.25) is 0 Å². The predicted molar refractivity (Wildman–Crippen MR) is 76.6 cm³/mol. The Morgan fingerprint density at radius 3 is 2.78 bits per heavy atom. The van der Waals surface area contributed by atoms with Gasteiger partial charge in [0.25, 0.3) is 0 Å². The summed E-state index contributed by atoms with van der Waals surface area (Å²) in [5, 5.41) is 0.453. The van der Waals surface area contributed by atoms with Crippen LogP contribution < -0.4 is 5.73 Å². The van der Waals surface area contributed by atoms with Crippen LogP contribution in [0.3, 0.4) is 0 Å². The average Bonchev–Trinajstić information content (AvgIpc) is 2.33. The smallest absolute Gasteiger partial charge is 0.128 e. The zero-order valence-corrected chi connectivity index (χ0v) is 11.5. The number of nitrogen functional groups attached to an aromatic ring is 1. The highest BCUT2D eigenvalue weighted by Gasteiger charge is 2.08. The van der Waals surface area contributed by atoms with Crippen LogP contribution >= 0.6 is 23.4 Å². The van der Waals surface area contributed by atoms with Gasteiger partial charge in [-0.25, -0.2) is 4.39 Å². The van der Waals surface area contributed by atoms with E-state index < -0.39 is 0 Å². The van der Waals surface area contributed by atoms with Gasteiger partial charge >= 0.3 is 0 Å². The van der Waals surface area contributed by atoms with Crippen molar-refractivity contribution in [1.29, 1.82) is 0 Å². The number of nitrogens with two attached hydrogens (primary N) is 1. The van der Waals surface area contributed by atoms with Crippen molar-refractivity contribution in [3.8, 4) is 0 Å². The summed E-state index contributed by atoms with van der Waals surface area (Å²) in [6.45, 7) is 2.00. The molecular weight excluding hydrogens is 269 g/mol. The zero-order valence-electron chi connectivity index (χ0n) is 9.91. The van der Waals surface area contributed by atoms with Crippen LogP contribution in [0.5, 0.6) is 0 Å². The average molecular weight is 282 g/mol. The highest BCUT2D eigenvalue weighted by atomic mass is 35.5. The zero-order chi connectivity index (χ0) is 13.1. The van der Waals surface area contributed by atoms with Gasteiger partial charge in [-0.1, -0.05) is 23.7 Å². The van der Waals surface area contributed by atoms with E-state index in [2.05, 4.69) is 0 Å². The molecule has 0 atom stereocenters. The number of aryl methyl sites for hydroxylation is 1. The minimum absolute atomic E-state index is 0.277. The molecule has 0 aromatic heterocycles. The molecule has 94 valence electrons. The van der Waals surface area contributed by atoms with Gasteiger partial charge in [0.05, 0.1) is 0 Å². The fourth-order valence-electron chi connectivity index (χ4n) is 1.59. The van der Waals surface area contributed by atoms with Crippen molar-refractivity contribution in [3.05, 3.63) is 58.4 Å². The summed E-state index contributed by atoms with van der Waals surface area (Å²) in [5.41, 5.74) is 8.24. The van der Waals surface area contributed by atoms with E-state index in [1.807, 2.05) is 25.1 Å². The number of benzene rings is 2. The quantitative estimate of drug-likeness (QED) is 0.654. The Kier molecular flexibility index (Phi) is 4.15. The Balaban J connectivity index is 2.19. The fraction of sp³-hybridized carbons (Fsp3) is 0.143. The van der Waals surface area contributed by atoms with E-state index in [1.165, 1.54) is 17.8 Å². The van der Waals surface area contributed by atoms with Gasteiger partial charge in [-0.2, -0.15) is 0 Å². The molecule has 0 radical (unpaired) electrons. The Morgan fingerprint density at radius 1 is 1.28 bits per heavy atom. The Hall–Kier alpha value is -1.19. The van der Waals surface area contributed by atoms with E-state index in [9.17, 15) is 4.39 Å². The highest BCUT2D eigenvalue weighted by molar-refractivity contribution is 7.98. The molecule has 0 aliphatic rings. The van der Waals surface area contributed by atoms with Crippen LogP contribution in [0, 0.1) is 12.7 Å². The molecule has 0 heterocycles. The molecular formula is C14H13ClFNS. The van der Waals surface area contributed by atoms with E-state index in [0.717, 1.165) is 10.5 Å². The van der Waals surface area contributed by atoms with Gasteiger partial charge in [0.15, 0.2) is 0 Å². The molecule has 1 nitrogen and oxygen atoms in total. The van der Waals surface area contributed by atoms with Gasteiger partial charge in [0.1, 0.15) is 5.82 Å². The fourth-order valence-corrected chi connectivity index (χ4v) is 2.99. The van der Waals surface area contributed by atoms with E-state index in [1.54, 1.807) is 12.1 Å². The topological polar surface area (TPSA) is 26.0 Å². The molecule has 2 aromatic rings. The van der Waals surface area contributed by atoms with Crippen LogP contribution in [0.1, 0.15) is 11.1 Å². The predicted octanol–water partition coefficient (Wildman–Crippen LogP) is 4.66.